The Kier molecular flexibility index (Phi) is 3.41. The first-order valence-electron chi connectivity index (χ1n) is 4.73. The van der Waals surface area contributed by atoms with Gasteiger partial charge in [-0.2, -0.15) is 0 Å². The molecule has 0 amide bonds. The number of alkyl halides is 1. The normalized spacial score (nSPS) is 25.1. The predicted molar refractivity (Wildman–Crippen MR) is 65.3 cm³/mol. The zero-order valence-corrected chi connectivity index (χ0v) is 10.7. The van der Waals surface area contributed by atoms with Gasteiger partial charge in [0, 0.05) is 15.4 Å². The second-order valence-electron chi connectivity index (χ2n) is 3.75. The Morgan fingerprint density at radius 3 is 2.86 bits per heavy atom. The van der Waals surface area contributed by atoms with Gasteiger partial charge in [-0.1, -0.05) is 33.6 Å². The fraction of sp³-hybridized carbons (Fsp3) is 0.455. The summed E-state index contributed by atoms with van der Waals surface area (Å²) in [5, 5.41) is 0.876. The fourth-order valence-corrected chi connectivity index (χ4v) is 2.98. The van der Waals surface area contributed by atoms with Gasteiger partial charge in [0.15, 0.2) is 0 Å². The maximum absolute atomic E-state index is 6.17. The maximum Gasteiger partial charge on any atom is 0.0452 e. The molecule has 1 aliphatic carbocycles. The van der Waals surface area contributed by atoms with Crippen LogP contribution in [0.5, 0.6) is 0 Å². The van der Waals surface area contributed by atoms with Crippen LogP contribution in [0.4, 0.5) is 0 Å². The van der Waals surface area contributed by atoms with Crippen molar-refractivity contribution in [3.8, 4) is 0 Å². The zero-order valence-electron chi connectivity index (χ0n) is 7.64. The number of hydrogen-bond donors (Lipinski definition) is 0. The predicted octanol–water partition coefficient (Wildman–Crippen LogP) is 4.83. The van der Waals surface area contributed by atoms with Crippen LogP contribution in [0.25, 0.3) is 0 Å². The van der Waals surface area contributed by atoms with Crippen molar-refractivity contribution in [1.82, 2.24) is 0 Å². The third kappa shape index (κ3) is 2.26. The summed E-state index contributed by atoms with van der Waals surface area (Å²) in [6.45, 7) is 0. The minimum Gasteiger partial charge on any atom is -0.127 e. The van der Waals surface area contributed by atoms with Gasteiger partial charge >= 0.3 is 0 Å². The van der Waals surface area contributed by atoms with Crippen LogP contribution in [0.2, 0.25) is 5.02 Å². The van der Waals surface area contributed by atoms with Crippen molar-refractivity contribution in [2.75, 3.05) is 5.88 Å². The average Bonchev–Trinajstić information content (AvgIpc) is 2.84. The van der Waals surface area contributed by atoms with E-state index in [1.165, 1.54) is 12.0 Å². The van der Waals surface area contributed by atoms with Gasteiger partial charge in [0.2, 0.25) is 0 Å². The summed E-state index contributed by atoms with van der Waals surface area (Å²) < 4.78 is 1.04. The van der Waals surface area contributed by atoms with E-state index >= 15 is 0 Å². The minimum atomic E-state index is 0.648. The molecule has 14 heavy (non-hydrogen) atoms. The molecule has 0 spiro atoms. The molecule has 1 aromatic carbocycles. The van der Waals surface area contributed by atoms with Gasteiger partial charge in [-0.25, -0.2) is 0 Å². The van der Waals surface area contributed by atoms with E-state index in [2.05, 4.69) is 28.1 Å². The molecule has 1 aliphatic rings. The van der Waals surface area contributed by atoms with Crippen LogP contribution in [-0.4, -0.2) is 5.88 Å². The van der Waals surface area contributed by atoms with Gasteiger partial charge in [-0.05, 0) is 42.4 Å². The molecule has 0 heterocycles. The standard InChI is InChI=1S/C11H11BrCl2/c12-8-1-2-9(11(14)6-8)10-5-7(10)3-4-13/h1-2,6-7,10H,3-5H2. The fourth-order valence-electron chi connectivity index (χ4n) is 1.89. The molecule has 0 nitrogen and oxygen atoms in total. The van der Waals surface area contributed by atoms with Crippen molar-refractivity contribution < 1.29 is 0 Å². The van der Waals surface area contributed by atoms with Crippen LogP contribution in [0, 0.1) is 5.92 Å². The molecule has 0 radical (unpaired) electrons. The van der Waals surface area contributed by atoms with Crippen molar-refractivity contribution in [3.05, 3.63) is 33.3 Å². The largest absolute Gasteiger partial charge is 0.127 e. The molecule has 1 aromatic rings. The summed E-state index contributed by atoms with van der Waals surface area (Å²) >= 11 is 15.3. The Morgan fingerprint density at radius 1 is 1.43 bits per heavy atom. The lowest BCUT2D eigenvalue weighted by atomic mass is 10.1. The Morgan fingerprint density at radius 2 is 2.21 bits per heavy atom. The van der Waals surface area contributed by atoms with E-state index in [1.54, 1.807) is 0 Å². The number of benzene rings is 1. The summed E-state index contributed by atoms with van der Waals surface area (Å²) in [6, 6.07) is 6.13. The third-order valence-corrected chi connectivity index (χ3v) is 3.80. The molecule has 1 saturated carbocycles. The van der Waals surface area contributed by atoms with Crippen LogP contribution in [0.3, 0.4) is 0 Å². The van der Waals surface area contributed by atoms with Crippen LogP contribution in [0.1, 0.15) is 24.3 Å². The quantitative estimate of drug-likeness (QED) is 0.700. The minimum absolute atomic E-state index is 0.648. The van der Waals surface area contributed by atoms with E-state index in [4.69, 9.17) is 23.2 Å². The lowest BCUT2D eigenvalue weighted by molar-refractivity contribution is 0.771. The van der Waals surface area contributed by atoms with Gasteiger partial charge in [-0.15, -0.1) is 11.6 Å². The van der Waals surface area contributed by atoms with Crippen LogP contribution in [0.15, 0.2) is 22.7 Å². The highest BCUT2D eigenvalue weighted by Gasteiger charge is 2.38. The average molecular weight is 294 g/mol. The van der Waals surface area contributed by atoms with Crippen molar-refractivity contribution >= 4 is 39.1 Å². The van der Waals surface area contributed by atoms with E-state index < -0.39 is 0 Å². The van der Waals surface area contributed by atoms with Gasteiger partial charge in [0.25, 0.3) is 0 Å². The van der Waals surface area contributed by atoms with Crippen molar-refractivity contribution in [2.45, 2.75) is 18.8 Å². The van der Waals surface area contributed by atoms with E-state index in [9.17, 15) is 0 Å². The van der Waals surface area contributed by atoms with Gasteiger partial charge < -0.3 is 0 Å². The van der Waals surface area contributed by atoms with Crippen LogP contribution < -0.4 is 0 Å². The second-order valence-corrected chi connectivity index (χ2v) is 5.45. The Bertz CT molecular complexity index is 338. The smallest absolute Gasteiger partial charge is 0.0452 e. The molecule has 3 heteroatoms. The summed E-state index contributed by atoms with van der Waals surface area (Å²) in [5.74, 6) is 2.16. The lowest BCUT2D eigenvalue weighted by Crippen LogP contribution is -1.86. The monoisotopic (exact) mass is 292 g/mol. The molecule has 2 unspecified atom stereocenters. The van der Waals surface area contributed by atoms with E-state index in [0.717, 1.165) is 27.7 Å². The SMILES string of the molecule is ClCCC1CC1c1ccc(Br)cc1Cl. The van der Waals surface area contributed by atoms with E-state index in [-0.39, 0.29) is 0 Å². The van der Waals surface area contributed by atoms with Crippen LogP contribution in [-0.2, 0) is 0 Å². The van der Waals surface area contributed by atoms with Crippen LogP contribution >= 0.6 is 39.1 Å². The van der Waals surface area contributed by atoms with Crippen molar-refractivity contribution in [2.24, 2.45) is 5.92 Å². The molecular formula is C11H11BrCl2. The molecule has 2 atom stereocenters. The van der Waals surface area contributed by atoms with E-state index in [0.29, 0.717) is 5.92 Å². The third-order valence-electron chi connectivity index (χ3n) is 2.76. The first-order valence-corrected chi connectivity index (χ1v) is 6.44. The number of rotatable bonds is 3. The molecule has 76 valence electrons. The topological polar surface area (TPSA) is 0 Å². The molecule has 0 aromatic heterocycles. The summed E-state index contributed by atoms with van der Waals surface area (Å²) in [6.07, 6.45) is 2.35. The Balaban J connectivity index is 2.11. The molecule has 0 bridgehead atoms. The van der Waals surface area contributed by atoms with Crippen molar-refractivity contribution in [3.63, 3.8) is 0 Å². The molecule has 0 aliphatic heterocycles. The highest BCUT2D eigenvalue weighted by molar-refractivity contribution is 9.10. The second kappa shape index (κ2) is 4.42. The van der Waals surface area contributed by atoms with E-state index in [1.807, 2.05) is 6.07 Å². The van der Waals surface area contributed by atoms with Gasteiger partial charge in [0.1, 0.15) is 0 Å². The molecule has 2 rings (SSSR count). The summed E-state index contributed by atoms with van der Waals surface area (Å²) in [4.78, 5) is 0. The summed E-state index contributed by atoms with van der Waals surface area (Å²) in [5.41, 5.74) is 1.28. The van der Waals surface area contributed by atoms with Gasteiger partial charge in [-0.3, -0.25) is 0 Å². The Hall–Kier alpha value is 0.280. The number of halogens is 3. The first-order chi connectivity index (χ1) is 6.72. The van der Waals surface area contributed by atoms with Crippen molar-refractivity contribution in [1.29, 1.82) is 0 Å². The molecule has 0 saturated heterocycles. The molecule has 1 fully saturated rings. The highest BCUT2D eigenvalue weighted by atomic mass is 79.9. The zero-order chi connectivity index (χ0) is 10.1. The maximum atomic E-state index is 6.17. The highest BCUT2D eigenvalue weighted by Crippen LogP contribution is 2.51. The summed E-state index contributed by atoms with van der Waals surface area (Å²) in [7, 11) is 0. The first kappa shape index (κ1) is 10.8. The Labute approximate surface area is 103 Å². The lowest BCUT2D eigenvalue weighted by Gasteiger charge is -2.03. The number of hydrogen-bond acceptors (Lipinski definition) is 0. The van der Waals surface area contributed by atoms with Gasteiger partial charge in [0.05, 0.1) is 0 Å². The molecule has 0 N–H and O–H groups in total. The molecular weight excluding hydrogens is 283 g/mol.